The van der Waals surface area contributed by atoms with E-state index in [-0.39, 0.29) is 29.6 Å². The van der Waals surface area contributed by atoms with Crippen molar-refractivity contribution in [3.8, 4) is 0 Å². The van der Waals surface area contributed by atoms with E-state index in [0.29, 0.717) is 18.8 Å². The zero-order chi connectivity index (χ0) is 12.3. The molecule has 0 aliphatic heterocycles. The molecule has 3 nitrogen and oxygen atoms in total. The summed E-state index contributed by atoms with van der Waals surface area (Å²) in [6, 6.07) is 0. The lowest BCUT2D eigenvalue weighted by Crippen LogP contribution is -2.42. The normalized spacial score (nSPS) is 34.9. The van der Waals surface area contributed by atoms with E-state index in [0.717, 1.165) is 6.42 Å². The standard InChI is InChI=1S/C13H22O3/c1-5-10-9(4)12(13(15)16-6-2)8(3)7-11(10)14/h8-10,12H,5-7H2,1-4H3/t8-,9-,10+,12-/m1/s1. The van der Waals surface area contributed by atoms with E-state index < -0.39 is 0 Å². The van der Waals surface area contributed by atoms with Gasteiger partial charge in [0.25, 0.3) is 0 Å². The molecular formula is C13H22O3. The first-order valence-corrected chi connectivity index (χ1v) is 6.22. The second-order valence-electron chi connectivity index (χ2n) is 4.80. The van der Waals surface area contributed by atoms with Crippen LogP contribution in [0.25, 0.3) is 0 Å². The summed E-state index contributed by atoms with van der Waals surface area (Å²) in [6.07, 6.45) is 1.34. The Morgan fingerprint density at radius 3 is 2.50 bits per heavy atom. The van der Waals surface area contributed by atoms with Crippen LogP contribution in [-0.2, 0) is 14.3 Å². The van der Waals surface area contributed by atoms with Crippen LogP contribution in [0.4, 0.5) is 0 Å². The first-order valence-electron chi connectivity index (χ1n) is 6.22. The van der Waals surface area contributed by atoms with Gasteiger partial charge in [-0.25, -0.2) is 0 Å². The minimum Gasteiger partial charge on any atom is -0.466 e. The van der Waals surface area contributed by atoms with Crippen LogP contribution in [0.1, 0.15) is 40.5 Å². The van der Waals surface area contributed by atoms with E-state index in [1.807, 2.05) is 27.7 Å². The highest BCUT2D eigenvalue weighted by Crippen LogP contribution is 2.38. The van der Waals surface area contributed by atoms with Gasteiger partial charge in [-0.1, -0.05) is 20.8 Å². The van der Waals surface area contributed by atoms with Crippen LogP contribution in [-0.4, -0.2) is 18.4 Å². The van der Waals surface area contributed by atoms with Crippen LogP contribution in [0.5, 0.6) is 0 Å². The first kappa shape index (κ1) is 13.2. The average molecular weight is 226 g/mol. The number of hydrogen-bond donors (Lipinski definition) is 0. The van der Waals surface area contributed by atoms with Gasteiger partial charge in [-0.15, -0.1) is 0 Å². The predicted molar refractivity (Wildman–Crippen MR) is 61.9 cm³/mol. The van der Waals surface area contributed by atoms with Gasteiger partial charge in [0, 0.05) is 12.3 Å². The highest BCUT2D eigenvalue weighted by Gasteiger charge is 2.43. The zero-order valence-electron chi connectivity index (χ0n) is 10.7. The molecule has 92 valence electrons. The molecule has 0 saturated heterocycles. The van der Waals surface area contributed by atoms with Gasteiger partial charge in [0.2, 0.25) is 0 Å². The Labute approximate surface area is 97.5 Å². The van der Waals surface area contributed by atoms with Gasteiger partial charge in [-0.2, -0.15) is 0 Å². The van der Waals surface area contributed by atoms with E-state index in [1.165, 1.54) is 0 Å². The molecule has 0 N–H and O–H groups in total. The Kier molecular flexibility index (Phi) is 4.51. The molecule has 4 atom stereocenters. The van der Waals surface area contributed by atoms with Gasteiger partial charge in [0.05, 0.1) is 12.5 Å². The predicted octanol–water partition coefficient (Wildman–Crippen LogP) is 2.44. The largest absolute Gasteiger partial charge is 0.466 e. The summed E-state index contributed by atoms with van der Waals surface area (Å²) in [6.45, 7) is 8.22. The number of esters is 1. The second-order valence-corrected chi connectivity index (χ2v) is 4.80. The molecule has 1 fully saturated rings. The van der Waals surface area contributed by atoms with Crippen molar-refractivity contribution in [2.24, 2.45) is 23.7 Å². The number of carbonyl (C=O) groups excluding carboxylic acids is 2. The summed E-state index contributed by atoms with van der Waals surface area (Å²) < 4.78 is 5.10. The van der Waals surface area contributed by atoms with E-state index >= 15 is 0 Å². The molecule has 0 bridgehead atoms. The van der Waals surface area contributed by atoms with Crippen molar-refractivity contribution < 1.29 is 14.3 Å². The fraction of sp³-hybridized carbons (Fsp3) is 0.846. The lowest BCUT2D eigenvalue weighted by Gasteiger charge is -2.37. The molecular weight excluding hydrogens is 204 g/mol. The molecule has 0 aromatic rings. The van der Waals surface area contributed by atoms with Gasteiger partial charge < -0.3 is 4.74 Å². The monoisotopic (exact) mass is 226 g/mol. The van der Waals surface area contributed by atoms with Gasteiger partial charge in [-0.05, 0) is 25.2 Å². The van der Waals surface area contributed by atoms with Crippen molar-refractivity contribution in [3.63, 3.8) is 0 Å². The van der Waals surface area contributed by atoms with Crippen LogP contribution < -0.4 is 0 Å². The molecule has 0 unspecified atom stereocenters. The van der Waals surface area contributed by atoms with Gasteiger partial charge in [-0.3, -0.25) is 9.59 Å². The number of carbonyl (C=O) groups is 2. The maximum absolute atomic E-state index is 11.9. The Balaban J connectivity index is 2.82. The third kappa shape index (κ3) is 2.45. The van der Waals surface area contributed by atoms with Crippen LogP contribution in [0.3, 0.4) is 0 Å². The van der Waals surface area contributed by atoms with E-state index in [2.05, 4.69) is 0 Å². The molecule has 1 aliphatic rings. The van der Waals surface area contributed by atoms with Crippen LogP contribution in [0.2, 0.25) is 0 Å². The van der Waals surface area contributed by atoms with Crippen molar-refractivity contribution in [1.82, 2.24) is 0 Å². The number of ether oxygens (including phenoxy) is 1. The summed E-state index contributed by atoms with van der Waals surface area (Å²) in [5, 5.41) is 0. The number of rotatable bonds is 3. The molecule has 0 amide bonds. The minimum absolute atomic E-state index is 0.0330. The molecule has 0 heterocycles. The minimum atomic E-state index is -0.131. The molecule has 1 aliphatic carbocycles. The van der Waals surface area contributed by atoms with Gasteiger partial charge in [0.1, 0.15) is 5.78 Å². The second kappa shape index (κ2) is 5.46. The van der Waals surface area contributed by atoms with Gasteiger partial charge in [0.15, 0.2) is 0 Å². The quantitative estimate of drug-likeness (QED) is 0.694. The van der Waals surface area contributed by atoms with Crippen LogP contribution in [0, 0.1) is 23.7 Å². The molecule has 0 aromatic heterocycles. The van der Waals surface area contributed by atoms with Crippen molar-refractivity contribution in [3.05, 3.63) is 0 Å². The molecule has 0 aromatic carbocycles. The third-order valence-corrected chi connectivity index (χ3v) is 3.75. The fourth-order valence-corrected chi connectivity index (χ4v) is 2.94. The van der Waals surface area contributed by atoms with Crippen molar-refractivity contribution >= 4 is 11.8 Å². The summed E-state index contributed by atoms with van der Waals surface area (Å²) in [5.41, 5.74) is 0. The van der Waals surface area contributed by atoms with Crippen molar-refractivity contribution in [1.29, 1.82) is 0 Å². The van der Waals surface area contributed by atoms with E-state index in [1.54, 1.807) is 0 Å². The molecule has 0 radical (unpaired) electrons. The van der Waals surface area contributed by atoms with Gasteiger partial charge >= 0.3 is 5.97 Å². The van der Waals surface area contributed by atoms with E-state index in [9.17, 15) is 9.59 Å². The Morgan fingerprint density at radius 2 is 2.00 bits per heavy atom. The van der Waals surface area contributed by atoms with E-state index in [4.69, 9.17) is 4.74 Å². The fourth-order valence-electron chi connectivity index (χ4n) is 2.94. The summed E-state index contributed by atoms with van der Waals surface area (Å²) in [4.78, 5) is 23.7. The lowest BCUT2D eigenvalue weighted by molar-refractivity contribution is -0.156. The molecule has 0 spiro atoms. The highest BCUT2D eigenvalue weighted by atomic mass is 16.5. The Bertz CT molecular complexity index is 272. The number of ketones is 1. The zero-order valence-corrected chi connectivity index (χ0v) is 10.7. The highest BCUT2D eigenvalue weighted by molar-refractivity contribution is 5.85. The SMILES string of the molecule is CCOC(=O)[C@H]1[C@H](C)[C@H](CC)C(=O)C[C@H]1C. The molecule has 1 saturated carbocycles. The lowest BCUT2D eigenvalue weighted by atomic mass is 9.66. The smallest absolute Gasteiger partial charge is 0.309 e. The van der Waals surface area contributed by atoms with Crippen LogP contribution >= 0.6 is 0 Å². The van der Waals surface area contributed by atoms with Crippen molar-refractivity contribution in [2.45, 2.75) is 40.5 Å². The molecule has 16 heavy (non-hydrogen) atoms. The summed E-state index contributed by atoms with van der Waals surface area (Å²) >= 11 is 0. The summed E-state index contributed by atoms with van der Waals surface area (Å²) in [7, 11) is 0. The maximum atomic E-state index is 11.9. The molecule has 3 heteroatoms. The first-order chi connectivity index (χ1) is 7.52. The topological polar surface area (TPSA) is 43.4 Å². The third-order valence-electron chi connectivity index (χ3n) is 3.75. The maximum Gasteiger partial charge on any atom is 0.309 e. The van der Waals surface area contributed by atoms with Crippen LogP contribution in [0.15, 0.2) is 0 Å². The molecule has 1 rings (SSSR count). The number of Topliss-reactive ketones (excluding diaryl/α,β-unsaturated/α-hetero) is 1. The Morgan fingerprint density at radius 1 is 1.38 bits per heavy atom. The number of hydrogen-bond acceptors (Lipinski definition) is 3. The van der Waals surface area contributed by atoms with Crippen molar-refractivity contribution in [2.75, 3.05) is 6.61 Å². The average Bonchev–Trinajstić information content (AvgIpc) is 2.17. The Hall–Kier alpha value is -0.860. The summed E-state index contributed by atoms with van der Waals surface area (Å²) in [5.74, 6) is 0.328.